The van der Waals surface area contributed by atoms with Gasteiger partial charge in [0.25, 0.3) is 0 Å². The van der Waals surface area contributed by atoms with Gasteiger partial charge in [-0.1, -0.05) is 36.4 Å². The zero-order valence-electron chi connectivity index (χ0n) is 15.1. The highest BCUT2D eigenvalue weighted by Gasteiger charge is 2.40. The lowest BCUT2D eigenvalue weighted by Crippen LogP contribution is -2.29. The van der Waals surface area contributed by atoms with Crippen LogP contribution in [0.5, 0.6) is 5.75 Å². The van der Waals surface area contributed by atoms with Crippen LogP contribution in [0.3, 0.4) is 0 Å². The summed E-state index contributed by atoms with van der Waals surface area (Å²) >= 11 is 0. The van der Waals surface area contributed by atoms with Crippen molar-refractivity contribution >= 4 is 5.78 Å². The number of hydrogen-bond acceptors (Lipinski definition) is 4. The van der Waals surface area contributed by atoms with Crippen LogP contribution in [0.1, 0.15) is 23.2 Å². The van der Waals surface area contributed by atoms with Gasteiger partial charge in [-0.2, -0.15) is 0 Å². The summed E-state index contributed by atoms with van der Waals surface area (Å²) in [6.07, 6.45) is 1.65. The summed E-state index contributed by atoms with van der Waals surface area (Å²) in [6, 6.07) is 15.7. The van der Waals surface area contributed by atoms with Crippen molar-refractivity contribution in [2.75, 3.05) is 26.7 Å². The number of likely N-dealkylation sites (tertiary alicyclic amines) is 1. The molecule has 1 aliphatic carbocycles. The SMILES string of the molecule is COc1cccc(-c2ccc(C(=O)CN3CC4CC(O)CC4C3)cc2)c1. The van der Waals surface area contributed by atoms with E-state index in [0.717, 1.165) is 48.4 Å². The predicted octanol–water partition coefficient (Wildman–Crippen LogP) is 3.25. The van der Waals surface area contributed by atoms with Gasteiger partial charge < -0.3 is 9.84 Å². The highest BCUT2D eigenvalue weighted by molar-refractivity contribution is 5.98. The zero-order chi connectivity index (χ0) is 18.1. The quantitative estimate of drug-likeness (QED) is 0.840. The summed E-state index contributed by atoms with van der Waals surface area (Å²) in [5.74, 6) is 2.12. The summed E-state index contributed by atoms with van der Waals surface area (Å²) in [5.41, 5.74) is 2.91. The van der Waals surface area contributed by atoms with E-state index < -0.39 is 0 Å². The molecule has 1 N–H and O–H groups in total. The number of methoxy groups -OCH3 is 1. The number of carbonyl (C=O) groups excluding carboxylic acids is 1. The van der Waals surface area contributed by atoms with Crippen LogP contribution in [-0.4, -0.2) is 48.6 Å². The number of fused-ring (bicyclic) bond motifs is 1. The Balaban J connectivity index is 1.40. The molecule has 2 unspecified atom stereocenters. The van der Waals surface area contributed by atoms with Gasteiger partial charge in [-0.25, -0.2) is 0 Å². The normalized spacial score (nSPS) is 25.2. The van der Waals surface area contributed by atoms with Crippen molar-refractivity contribution in [3.8, 4) is 16.9 Å². The molecule has 1 saturated carbocycles. The van der Waals surface area contributed by atoms with Gasteiger partial charge in [-0.3, -0.25) is 9.69 Å². The van der Waals surface area contributed by atoms with Crippen molar-refractivity contribution in [2.45, 2.75) is 18.9 Å². The van der Waals surface area contributed by atoms with Crippen LogP contribution >= 0.6 is 0 Å². The Bertz CT molecular complexity index is 772. The first-order valence-corrected chi connectivity index (χ1v) is 9.30. The first-order valence-electron chi connectivity index (χ1n) is 9.30. The summed E-state index contributed by atoms with van der Waals surface area (Å²) in [4.78, 5) is 14.9. The highest BCUT2D eigenvalue weighted by atomic mass is 16.5. The number of nitrogens with zero attached hydrogens (tertiary/aromatic N) is 1. The highest BCUT2D eigenvalue weighted by Crippen LogP contribution is 2.38. The Morgan fingerprint density at radius 1 is 1.08 bits per heavy atom. The standard InChI is InChI=1S/C22H25NO3/c1-26-21-4-2-3-17(11-21)15-5-7-16(8-6-15)22(25)14-23-12-18-9-20(24)10-19(18)13-23/h2-8,11,18-20,24H,9-10,12-14H2,1H3. The van der Waals surface area contributed by atoms with Gasteiger partial charge >= 0.3 is 0 Å². The van der Waals surface area contributed by atoms with E-state index in [9.17, 15) is 9.90 Å². The molecule has 1 saturated heterocycles. The third-order valence-corrected chi connectivity index (χ3v) is 5.78. The number of carbonyl (C=O) groups is 1. The number of ketones is 1. The number of hydrogen-bond donors (Lipinski definition) is 1. The van der Waals surface area contributed by atoms with Crippen molar-refractivity contribution in [2.24, 2.45) is 11.8 Å². The molecule has 1 heterocycles. The number of benzene rings is 2. The number of aliphatic hydroxyl groups excluding tert-OH is 1. The molecule has 4 nitrogen and oxygen atoms in total. The predicted molar refractivity (Wildman–Crippen MR) is 101 cm³/mol. The van der Waals surface area contributed by atoms with Crippen molar-refractivity contribution in [3.63, 3.8) is 0 Å². The van der Waals surface area contributed by atoms with E-state index in [1.165, 1.54) is 0 Å². The molecule has 0 aromatic heterocycles. The van der Waals surface area contributed by atoms with E-state index in [1.807, 2.05) is 48.5 Å². The van der Waals surface area contributed by atoms with Gasteiger partial charge in [-0.15, -0.1) is 0 Å². The van der Waals surface area contributed by atoms with Crippen LogP contribution in [0.25, 0.3) is 11.1 Å². The molecule has 0 bridgehead atoms. The fourth-order valence-corrected chi connectivity index (χ4v) is 4.44. The molecule has 0 spiro atoms. The lowest BCUT2D eigenvalue weighted by Gasteiger charge is -2.16. The van der Waals surface area contributed by atoms with Gasteiger partial charge in [0, 0.05) is 18.7 Å². The van der Waals surface area contributed by atoms with Gasteiger partial charge in [0.2, 0.25) is 0 Å². The average Bonchev–Trinajstić information content (AvgIpc) is 3.18. The zero-order valence-corrected chi connectivity index (χ0v) is 15.1. The lowest BCUT2D eigenvalue weighted by atomic mass is 10.0. The molecule has 2 aliphatic rings. The van der Waals surface area contributed by atoms with Crippen LogP contribution < -0.4 is 4.74 Å². The molecular weight excluding hydrogens is 326 g/mol. The monoisotopic (exact) mass is 351 g/mol. The molecule has 26 heavy (non-hydrogen) atoms. The van der Waals surface area contributed by atoms with E-state index in [0.29, 0.717) is 18.4 Å². The van der Waals surface area contributed by atoms with Crippen molar-refractivity contribution in [1.82, 2.24) is 4.90 Å². The largest absolute Gasteiger partial charge is 0.497 e. The molecule has 1 aliphatic heterocycles. The minimum atomic E-state index is -0.132. The Labute approximate surface area is 154 Å². The van der Waals surface area contributed by atoms with E-state index in [-0.39, 0.29) is 11.9 Å². The Morgan fingerprint density at radius 2 is 1.77 bits per heavy atom. The first kappa shape index (κ1) is 17.3. The maximum absolute atomic E-state index is 12.6. The third-order valence-electron chi connectivity index (χ3n) is 5.78. The number of Topliss-reactive ketones (excluding diaryl/α,β-unsaturated/α-hetero) is 1. The molecule has 2 aromatic carbocycles. The third kappa shape index (κ3) is 3.53. The van der Waals surface area contributed by atoms with E-state index in [2.05, 4.69) is 4.90 Å². The summed E-state index contributed by atoms with van der Waals surface area (Å²) in [7, 11) is 1.66. The Morgan fingerprint density at radius 3 is 2.42 bits per heavy atom. The van der Waals surface area contributed by atoms with Crippen molar-refractivity contribution < 1.29 is 14.6 Å². The number of rotatable bonds is 5. The molecule has 0 amide bonds. The second kappa shape index (κ2) is 7.22. The van der Waals surface area contributed by atoms with Crippen LogP contribution in [0.4, 0.5) is 0 Å². The maximum atomic E-state index is 12.6. The number of ether oxygens (including phenoxy) is 1. The van der Waals surface area contributed by atoms with Gasteiger partial charge in [-0.05, 0) is 47.9 Å². The van der Waals surface area contributed by atoms with Crippen molar-refractivity contribution in [3.05, 3.63) is 54.1 Å². The Hall–Kier alpha value is -2.17. The second-order valence-electron chi connectivity index (χ2n) is 7.57. The van der Waals surface area contributed by atoms with E-state index in [1.54, 1.807) is 7.11 Å². The minimum absolute atomic E-state index is 0.132. The van der Waals surface area contributed by atoms with Gasteiger partial charge in [0.05, 0.1) is 19.8 Å². The van der Waals surface area contributed by atoms with Crippen molar-refractivity contribution in [1.29, 1.82) is 0 Å². The second-order valence-corrected chi connectivity index (χ2v) is 7.57. The van der Waals surface area contributed by atoms with Gasteiger partial charge in [0.1, 0.15) is 5.75 Å². The minimum Gasteiger partial charge on any atom is -0.497 e. The fourth-order valence-electron chi connectivity index (χ4n) is 4.44. The van der Waals surface area contributed by atoms with Crippen LogP contribution in [-0.2, 0) is 0 Å². The molecule has 4 heteroatoms. The van der Waals surface area contributed by atoms with E-state index >= 15 is 0 Å². The number of aliphatic hydroxyl groups is 1. The molecular formula is C22H25NO3. The van der Waals surface area contributed by atoms with E-state index in [4.69, 9.17) is 4.74 Å². The van der Waals surface area contributed by atoms with Crippen LogP contribution in [0, 0.1) is 11.8 Å². The molecule has 2 fully saturated rings. The summed E-state index contributed by atoms with van der Waals surface area (Å²) < 4.78 is 5.28. The fraction of sp³-hybridized carbons (Fsp3) is 0.409. The maximum Gasteiger partial charge on any atom is 0.176 e. The average molecular weight is 351 g/mol. The molecule has 0 radical (unpaired) electrons. The summed E-state index contributed by atoms with van der Waals surface area (Å²) in [5, 5.41) is 9.74. The molecule has 136 valence electrons. The smallest absolute Gasteiger partial charge is 0.176 e. The Kier molecular flexibility index (Phi) is 4.79. The molecule has 2 aromatic rings. The topological polar surface area (TPSA) is 49.8 Å². The van der Waals surface area contributed by atoms with Crippen LogP contribution in [0.2, 0.25) is 0 Å². The van der Waals surface area contributed by atoms with Gasteiger partial charge in [0.15, 0.2) is 5.78 Å². The summed E-state index contributed by atoms with van der Waals surface area (Å²) in [6.45, 7) is 2.35. The molecule has 2 atom stereocenters. The van der Waals surface area contributed by atoms with Crippen LogP contribution in [0.15, 0.2) is 48.5 Å². The molecule has 4 rings (SSSR count). The lowest BCUT2D eigenvalue weighted by molar-refractivity contribution is 0.0935. The first-order chi connectivity index (χ1) is 12.6.